The van der Waals surface area contributed by atoms with Gasteiger partial charge in [0, 0.05) is 18.6 Å². The van der Waals surface area contributed by atoms with Crippen LogP contribution in [0.3, 0.4) is 0 Å². The Kier molecular flexibility index (Phi) is 11.3. The molecule has 29 heavy (non-hydrogen) atoms. The summed E-state index contributed by atoms with van der Waals surface area (Å²) in [5.74, 6) is -0.379. The average Bonchev–Trinajstić information content (AvgIpc) is 2.69. The summed E-state index contributed by atoms with van der Waals surface area (Å²) < 4.78 is 15.2. The largest absolute Gasteiger partial charge is 0.459 e. The molecule has 8 heteroatoms. The molecule has 0 atom stereocenters. The highest BCUT2D eigenvalue weighted by Gasteiger charge is 2.15. The van der Waals surface area contributed by atoms with E-state index >= 15 is 0 Å². The van der Waals surface area contributed by atoms with Crippen molar-refractivity contribution in [3.05, 3.63) is 42.0 Å². The monoisotopic (exact) mass is 407 g/mol. The van der Waals surface area contributed by atoms with E-state index in [1.165, 1.54) is 6.92 Å². The molecule has 1 amide bonds. The molecular weight excluding hydrogens is 378 g/mol. The van der Waals surface area contributed by atoms with Crippen molar-refractivity contribution in [2.75, 3.05) is 24.9 Å². The summed E-state index contributed by atoms with van der Waals surface area (Å²) in [6, 6.07) is 6.66. The van der Waals surface area contributed by atoms with Crippen LogP contribution in [0.15, 0.2) is 36.4 Å². The smallest absolute Gasteiger partial charge is 0.438 e. The number of hydroxylamine groups is 1. The zero-order valence-corrected chi connectivity index (χ0v) is 17.0. The Hall–Kier alpha value is -2.71. The maximum Gasteiger partial charge on any atom is 0.438 e. The lowest BCUT2D eigenvalue weighted by molar-refractivity contribution is -0.139. The number of hydrogen-bond acceptors (Lipinski definition) is 7. The molecule has 0 aliphatic rings. The molecule has 0 radical (unpaired) electrons. The number of carbonyl (C=O) groups is 3. The van der Waals surface area contributed by atoms with Crippen molar-refractivity contribution in [2.45, 2.75) is 46.1 Å². The van der Waals surface area contributed by atoms with Crippen LogP contribution in [-0.4, -0.2) is 42.9 Å². The van der Waals surface area contributed by atoms with Crippen LogP contribution < -0.4 is 5.06 Å². The Labute approximate surface area is 171 Å². The minimum Gasteiger partial charge on any atom is -0.459 e. The predicted molar refractivity (Wildman–Crippen MR) is 107 cm³/mol. The number of nitrogens with zero attached hydrogens (tertiary/aromatic N) is 1. The van der Waals surface area contributed by atoms with Gasteiger partial charge >= 0.3 is 12.1 Å². The number of carbonyl (C=O) groups excluding carboxylic acids is 3. The molecule has 0 saturated carbocycles. The van der Waals surface area contributed by atoms with Gasteiger partial charge in [0.15, 0.2) is 0 Å². The van der Waals surface area contributed by atoms with Gasteiger partial charge in [-0.05, 0) is 44.4 Å². The van der Waals surface area contributed by atoms with E-state index < -0.39 is 12.1 Å². The van der Waals surface area contributed by atoms with Crippen molar-refractivity contribution in [1.82, 2.24) is 0 Å². The molecule has 0 bridgehead atoms. The van der Waals surface area contributed by atoms with Crippen LogP contribution in [0.5, 0.6) is 0 Å². The van der Waals surface area contributed by atoms with Crippen LogP contribution in [0.1, 0.15) is 45.1 Å². The molecule has 1 aromatic carbocycles. The Morgan fingerprint density at radius 2 is 1.76 bits per heavy atom. The van der Waals surface area contributed by atoms with E-state index in [9.17, 15) is 19.6 Å². The van der Waals surface area contributed by atoms with Crippen LogP contribution in [-0.2, 0) is 30.4 Å². The second-order valence-electron chi connectivity index (χ2n) is 6.58. The van der Waals surface area contributed by atoms with Gasteiger partial charge < -0.3 is 19.0 Å². The van der Waals surface area contributed by atoms with E-state index in [1.54, 1.807) is 25.1 Å². The van der Waals surface area contributed by atoms with Crippen molar-refractivity contribution in [3.63, 3.8) is 0 Å². The number of benzene rings is 1. The van der Waals surface area contributed by atoms with Crippen LogP contribution in [0.4, 0.5) is 10.5 Å². The third-order valence-electron chi connectivity index (χ3n) is 3.80. The summed E-state index contributed by atoms with van der Waals surface area (Å²) in [5.41, 5.74) is 1.26. The van der Waals surface area contributed by atoms with Crippen molar-refractivity contribution >= 4 is 23.5 Å². The van der Waals surface area contributed by atoms with Crippen LogP contribution in [0, 0.1) is 0 Å². The maximum atomic E-state index is 11.9. The maximum absolute atomic E-state index is 11.9. The molecule has 1 N–H and O–H groups in total. The van der Waals surface area contributed by atoms with Crippen molar-refractivity contribution in [1.29, 1.82) is 0 Å². The first-order valence-corrected chi connectivity index (χ1v) is 9.45. The number of hydrogen-bond donors (Lipinski definition) is 1. The molecule has 0 unspecified atom stereocenters. The standard InChI is InChI=1S/C21H29NO7/c1-16(2)20(24)28-12-13-29-21(25)22(26)19-10-7-9-18(14-19)15-27-11-6-4-5-8-17(3)23/h7,9-10,14,26H,1,4-6,8,11-13,15H2,2-3H3. The summed E-state index contributed by atoms with van der Waals surface area (Å²) >= 11 is 0. The summed E-state index contributed by atoms with van der Waals surface area (Å²) in [4.78, 5) is 34.0. The lowest BCUT2D eigenvalue weighted by Crippen LogP contribution is -2.29. The Balaban J connectivity index is 2.34. The van der Waals surface area contributed by atoms with Crippen molar-refractivity contribution < 1.29 is 33.8 Å². The Morgan fingerprint density at radius 1 is 1.03 bits per heavy atom. The zero-order chi connectivity index (χ0) is 21.6. The summed E-state index contributed by atoms with van der Waals surface area (Å²) in [7, 11) is 0. The van der Waals surface area contributed by atoms with Gasteiger partial charge in [-0.15, -0.1) is 0 Å². The van der Waals surface area contributed by atoms with Gasteiger partial charge in [0.25, 0.3) is 0 Å². The fourth-order valence-electron chi connectivity index (χ4n) is 2.28. The molecule has 1 rings (SSSR count). The SMILES string of the molecule is C=C(C)C(=O)OCCOC(=O)N(O)c1cccc(COCCCCCC(C)=O)c1. The first-order chi connectivity index (χ1) is 13.8. The van der Waals surface area contributed by atoms with Crippen LogP contribution in [0.25, 0.3) is 0 Å². The number of unbranched alkanes of at least 4 members (excludes halogenated alkanes) is 2. The third-order valence-corrected chi connectivity index (χ3v) is 3.80. The highest BCUT2D eigenvalue weighted by Crippen LogP contribution is 2.16. The summed E-state index contributed by atoms with van der Waals surface area (Å²) in [6.07, 6.45) is 2.27. The van der Waals surface area contributed by atoms with E-state index in [-0.39, 0.29) is 30.3 Å². The van der Waals surface area contributed by atoms with Gasteiger partial charge in [-0.25, -0.2) is 9.59 Å². The summed E-state index contributed by atoms with van der Waals surface area (Å²) in [5, 5.41) is 10.4. The molecular formula is C21H29NO7. The lowest BCUT2D eigenvalue weighted by Gasteiger charge is -2.16. The van der Waals surface area contributed by atoms with Gasteiger partial charge in [0.05, 0.1) is 12.3 Å². The molecule has 0 aliphatic heterocycles. The van der Waals surface area contributed by atoms with E-state index in [0.717, 1.165) is 24.8 Å². The van der Waals surface area contributed by atoms with E-state index in [4.69, 9.17) is 14.2 Å². The van der Waals surface area contributed by atoms with Crippen LogP contribution >= 0.6 is 0 Å². The predicted octanol–water partition coefficient (Wildman–Crippen LogP) is 3.80. The quantitative estimate of drug-likeness (QED) is 0.174. The second kappa shape index (κ2) is 13.5. The van der Waals surface area contributed by atoms with E-state index in [0.29, 0.717) is 24.7 Å². The van der Waals surface area contributed by atoms with E-state index in [2.05, 4.69) is 6.58 Å². The topological polar surface area (TPSA) is 102 Å². The minimum atomic E-state index is -0.986. The summed E-state index contributed by atoms with van der Waals surface area (Å²) in [6.45, 7) is 7.11. The lowest BCUT2D eigenvalue weighted by atomic mass is 10.1. The number of anilines is 1. The van der Waals surface area contributed by atoms with Crippen LogP contribution in [0.2, 0.25) is 0 Å². The third kappa shape index (κ3) is 10.4. The molecule has 0 aliphatic carbocycles. The number of esters is 1. The van der Waals surface area contributed by atoms with Crippen molar-refractivity contribution in [2.24, 2.45) is 0 Å². The van der Waals surface area contributed by atoms with E-state index in [1.807, 2.05) is 6.07 Å². The molecule has 160 valence electrons. The second-order valence-corrected chi connectivity index (χ2v) is 6.58. The van der Waals surface area contributed by atoms with Crippen molar-refractivity contribution in [3.8, 4) is 0 Å². The first kappa shape index (κ1) is 24.3. The molecule has 0 spiro atoms. The highest BCUT2D eigenvalue weighted by molar-refractivity contribution is 5.87. The fraction of sp³-hybridized carbons (Fsp3) is 0.476. The van der Waals surface area contributed by atoms with Gasteiger partial charge in [-0.3, -0.25) is 5.21 Å². The molecule has 0 heterocycles. The molecule has 0 aromatic heterocycles. The first-order valence-electron chi connectivity index (χ1n) is 9.45. The van der Waals surface area contributed by atoms with Gasteiger partial charge in [0.2, 0.25) is 0 Å². The number of rotatable bonds is 13. The fourth-order valence-corrected chi connectivity index (χ4v) is 2.28. The normalized spacial score (nSPS) is 10.3. The highest BCUT2D eigenvalue weighted by atomic mass is 16.6. The molecule has 0 saturated heterocycles. The molecule has 0 fully saturated rings. The van der Waals surface area contributed by atoms with Gasteiger partial charge in [-0.1, -0.05) is 25.1 Å². The Morgan fingerprint density at radius 3 is 2.45 bits per heavy atom. The average molecular weight is 407 g/mol. The molecule has 1 aromatic rings. The Bertz CT molecular complexity index is 702. The number of ether oxygens (including phenoxy) is 3. The number of Topliss-reactive ketones (excluding diaryl/α,β-unsaturated/α-hetero) is 1. The molecule has 8 nitrogen and oxygen atoms in total. The van der Waals surface area contributed by atoms with Gasteiger partial charge in [-0.2, -0.15) is 5.06 Å². The zero-order valence-electron chi connectivity index (χ0n) is 17.0. The number of amides is 1. The number of ketones is 1. The van der Waals surface area contributed by atoms with Gasteiger partial charge in [0.1, 0.15) is 19.0 Å². The minimum absolute atomic E-state index is 0.133.